The predicted molar refractivity (Wildman–Crippen MR) is 158 cm³/mol. The van der Waals surface area contributed by atoms with Crippen molar-refractivity contribution >= 4 is 34.7 Å². The predicted octanol–water partition coefficient (Wildman–Crippen LogP) is 7.50. The SMILES string of the molecule is COc1ccc(OCc2cc(C)cc(C3C(C#N)=C(N)N(c4cc(Cl)cc(Cl)c4)C4=C3C(=O)CCC4)c2C)cc1. The van der Waals surface area contributed by atoms with E-state index in [1.807, 2.05) is 44.2 Å². The molecule has 6 nitrogen and oxygen atoms in total. The number of ketones is 1. The van der Waals surface area contributed by atoms with Gasteiger partial charge in [-0.3, -0.25) is 9.69 Å². The third-order valence-corrected chi connectivity index (χ3v) is 7.92. The van der Waals surface area contributed by atoms with E-state index < -0.39 is 5.92 Å². The molecule has 5 rings (SSSR count). The van der Waals surface area contributed by atoms with Gasteiger partial charge in [-0.05, 0) is 85.8 Å². The molecule has 0 aromatic heterocycles. The Bertz CT molecular complexity index is 1580. The van der Waals surface area contributed by atoms with Crippen LogP contribution < -0.4 is 20.1 Å². The van der Waals surface area contributed by atoms with Gasteiger partial charge in [0.1, 0.15) is 23.9 Å². The number of methoxy groups -OCH3 is 1. The van der Waals surface area contributed by atoms with Crippen LogP contribution in [-0.4, -0.2) is 12.9 Å². The second-order valence-electron chi connectivity index (χ2n) is 10.0. The molecule has 3 aromatic carbocycles. The number of allylic oxidation sites excluding steroid dienone is 3. The highest BCUT2D eigenvalue weighted by Crippen LogP contribution is 2.48. The third-order valence-electron chi connectivity index (χ3n) is 7.48. The summed E-state index contributed by atoms with van der Waals surface area (Å²) in [4.78, 5) is 15.4. The molecule has 0 radical (unpaired) electrons. The number of nitriles is 1. The highest BCUT2D eigenvalue weighted by molar-refractivity contribution is 6.35. The van der Waals surface area contributed by atoms with Crippen molar-refractivity contribution in [3.63, 3.8) is 0 Å². The van der Waals surface area contributed by atoms with E-state index in [1.165, 1.54) is 0 Å². The Kier molecular flexibility index (Phi) is 7.80. The molecule has 0 amide bonds. The van der Waals surface area contributed by atoms with E-state index >= 15 is 0 Å². The monoisotopic (exact) mass is 573 g/mol. The van der Waals surface area contributed by atoms with Crippen LogP contribution in [0.3, 0.4) is 0 Å². The average Bonchev–Trinajstić information content (AvgIpc) is 2.92. The number of Topliss-reactive ketones (excluding diaryl/α,β-unsaturated/α-hetero) is 1. The average molecular weight is 575 g/mol. The summed E-state index contributed by atoms with van der Waals surface area (Å²) >= 11 is 12.7. The minimum Gasteiger partial charge on any atom is -0.497 e. The minimum atomic E-state index is -0.585. The van der Waals surface area contributed by atoms with Crippen LogP contribution in [0.1, 0.15) is 47.4 Å². The number of carbonyl (C=O) groups excluding carboxylic acids is 1. The number of hydrogen-bond donors (Lipinski definition) is 1. The molecule has 1 atom stereocenters. The van der Waals surface area contributed by atoms with Gasteiger partial charge in [-0.25, -0.2) is 0 Å². The molecular formula is C32H29Cl2N3O3. The molecule has 8 heteroatoms. The lowest BCUT2D eigenvalue weighted by molar-refractivity contribution is -0.116. The Morgan fingerprint density at radius 3 is 2.35 bits per heavy atom. The number of rotatable bonds is 6. The minimum absolute atomic E-state index is 0.0153. The number of aryl methyl sites for hydroxylation is 1. The van der Waals surface area contributed by atoms with Crippen molar-refractivity contribution in [1.29, 1.82) is 5.26 Å². The number of carbonyl (C=O) groups is 1. The van der Waals surface area contributed by atoms with Crippen molar-refractivity contribution in [2.24, 2.45) is 5.73 Å². The first kappa shape index (κ1) is 27.6. The zero-order chi connectivity index (χ0) is 28.6. The summed E-state index contributed by atoms with van der Waals surface area (Å²) in [7, 11) is 1.62. The van der Waals surface area contributed by atoms with E-state index in [2.05, 4.69) is 12.1 Å². The van der Waals surface area contributed by atoms with Gasteiger partial charge in [0.15, 0.2) is 5.78 Å². The van der Waals surface area contributed by atoms with Gasteiger partial charge in [0, 0.05) is 27.7 Å². The van der Waals surface area contributed by atoms with E-state index in [4.69, 9.17) is 38.4 Å². The number of nitrogens with zero attached hydrogens (tertiary/aromatic N) is 2. The molecule has 0 bridgehead atoms. The number of hydrogen-bond acceptors (Lipinski definition) is 6. The number of benzene rings is 3. The second kappa shape index (κ2) is 11.3. The molecule has 1 heterocycles. The maximum atomic E-state index is 13.6. The maximum Gasteiger partial charge on any atom is 0.161 e. The Labute approximate surface area is 244 Å². The van der Waals surface area contributed by atoms with Crippen LogP contribution in [0.4, 0.5) is 5.69 Å². The highest BCUT2D eigenvalue weighted by Gasteiger charge is 2.41. The summed E-state index contributed by atoms with van der Waals surface area (Å²) in [6, 6.07) is 19.0. The van der Waals surface area contributed by atoms with Gasteiger partial charge in [0.25, 0.3) is 0 Å². The molecule has 1 aliphatic carbocycles. The van der Waals surface area contributed by atoms with Crippen molar-refractivity contribution in [1.82, 2.24) is 0 Å². The van der Waals surface area contributed by atoms with Gasteiger partial charge >= 0.3 is 0 Å². The maximum absolute atomic E-state index is 13.6. The molecule has 0 saturated heterocycles. The topological polar surface area (TPSA) is 88.6 Å². The van der Waals surface area contributed by atoms with E-state index in [0.717, 1.165) is 33.7 Å². The smallest absolute Gasteiger partial charge is 0.161 e. The van der Waals surface area contributed by atoms with Crippen molar-refractivity contribution in [2.75, 3.05) is 12.0 Å². The van der Waals surface area contributed by atoms with Gasteiger partial charge in [0.2, 0.25) is 0 Å². The number of anilines is 1. The Morgan fingerprint density at radius 2 is 1.70 bits per heavy atom. The first-order chi connectivity index (χ1) is 19.2. The molecule has 0 fully saturated rings. The van der Waals surface area contributed by atoms with Gasteiger partial charge in [-0.2, -0.15) is 5.26 Å². The Morgan fingerprint density at radius 1 is 1.02 bits per heavy atom. The second-order valence-corrected chi connectivity index (χ2v) is 10.9. The molecule has 1 aliphatic heterocycles. The fraction of sp³-hybridized carbons (Fsp3) is 0.250. The summed E-state index contributed by atoms with van der Waals surface area (Å²) in [5.41, 5.74) is 12.9. The fourth-order valence-electron chi connectivity index (χ4n) is 5.61. The number of halogens is 2. The third kappa shape index (κ3) is 5.15. The number of nitrogens with two attached hydrogens (primary N) is 1. The van der Waals surface area contributed by atoms with E-state index in [1.54, 1.807) is 30.2 Å². The standard InChI is InChI=1S/C32H29Cl2N3O3/c1-18-11-20(17-40-25-9-7-24(39-3)8-10-25)19(2)26(12-18)30-27(16-35)32(36)37(23-14-21(33)13-22(34)15-23)28-5-4-6-29(38)31(28)30/h7-15,30H,4-6,17,36H2,1-3H3. The Balaban J connectivity index is 1.62. The van der Waals surface area contributed by atoms with Gasteiger partial charge in [-0.1, -0.05) is 40.9 Å². The van der Waals surface area contributed by atoms with Crippen molar-refractivity contribution in [3.8, 4) is 17.6 Å². The van der Waals surface area contributed by atoms with Crippen LogP contribution in [-0.2, 0) is 11.4 Å². The lowest BCUT2D eigenvalue weighted by Crippen LogP contribution is -2.39. The van der Waals surface area contributed by atoms with Gasteiger partial charge < -0.3 is 15.2 Å². The molecule has 3 aromatic rings. The molecule has 204 valence electrons. The number of ether oxygens (including phenoxy) is 2. The summed E-state index contributed by atoms with van der Waals surface area (Å²) in [5, 5.41) is 11.3. The van der Waals surface area contributed by atoms with E-state index in [9.17, 15) is 10.1 Å². The molecule has 1 unspecified atom stereocenters. The molecular weight excluding hydrogens is 545 g/mol. The summed E-state index contributed by atoms with van der Waals surface area (Å²) < 4.78 is 11.3. The van der Waals surface area contributed by atoms with E-state index in [-0.39, 0.29) is 11.6 Å². The van der Waals surface area contributed by atoms with E-state index in [0.29, 0.717) is 58.5 Å². The van der Waals surface area contributed by atoms with Crippen LogP contribution in [0, 0.1) is 25.2 Å². The lowest BCUT2D eigenvalue weighted by atomic mass is 9.73. The quantitative estimate of drug-likeness (QED) is 0.328. The van der Waals surface area contributed by atoms with Gasteiger partial charge in [-0.15, -0.1) is 0 Å². The van der Waals surface area contributed by atoms with Crippen LogP contribution >= 0.6 is 23.2 Å². The molecule has 0 spiro atoms. The fourth-order valence-corrected chi connectivity index (χ4v) is 6.12. The summed E-state index contributed by atoms with van der Waals surface area (Å²) in [6.45, 7) is 4.33. The van der Waals surface area contributed by atoms with Crippen LogP contribution in [0.5, 0.6) is 11.5 Å². The summed E-state index contributed by atoms with van der Waals surface area (Å²) in [5.74, 6) is 1.17. The van der Waals surface area contributed by atoms with Crippen LogP contribution in [0.2, 0.25) is 10.0 Å². The van der Waals surface area contributed by atoms with Crippen LogP contribution in [0.25, 0.3) is 0 Å². The van der Waals surface area contributed by atoms with Gasteiger partial charge in [0.05, 0.1) is 30.4 Å². The normalized spacial score (nSPS) is 17.1. The zero-order valence-electron chi connectivity index (χ0n) is 22.6. The zero-order valence-corrected chi connectivity index (χ0v) is 24.1. The molecule has 0 saturated carbocycles. The first-order valence-corrected chi connectivity index (χ1v) is 13.8. The largest absolute Gasteiger partial charge is 0.497 e. The van der Waals surface area contributed by atoms with Crippen molar-refractivity contribution < 1.29 is 14.3 Å². The molecule has 2 aliphatic rings. The highest BCUT2D eigenvalue weighted by atomic mass is 35.5. The Hall–Kier alpha value is -3.92. The molecule has 40 heavy (non-hydrogen) atoms. The van der Waals surface area contributed by atoms with Crippen molar-refractivity contribution in [2.45, 2.75) is 45.6 Å². The van der Waals surface area contributed by atoms with Crippen LogP contribution in [0.15, 0.2) is 77.3 Å². The summed E-state index contributed by atoms with van der Waals surface area (Å²) in [6.07, 6.45) is 1.74. The molecule has 2 N–H and O–H groups in total. The van der Waals surface area contributed by atoms with Crippen molar-refractivity contribution in [3.05, 3.63) is 110 Å². The first-order valence-electron chi connectivity index (χ1n) is 13.0. The lowest BCUT2D eigenvalue weighted by Gasteiger charge is -2.40.